The summed E-state index contributed by atoms with van der Waals surface area (Å²) in [6.45, 7) is 4.61. The SMILES string of the molecule is Cc1cc2c(n1C1CCN(C3CC3)C1)CCCC2=O. The molecule has 0 spiro atoms. The summed E-state index contributed by atoms with van der Waals surface area (Å²) in [5.74, 6) is 0.361. The Kier molecular flexibility index (Phi) is 2.59. The maximum atomic E-state index is 12.0. The van der Waals surface area contributed by atoms with Crippen molar-refractivity contribution in [1.82, 2.24) is 9.47 Å². The van der Waals surface area contributed by atoms with Gasteiger partial charge < -0.3 is 4.57 Å². The van der Waals surface area contributed by atoms with Crippen LogP contribution < -0.4 is 0 Å². The molecule has 0 bridgehead atoms. The highest BCUT2D eigenvalue weighted by Gasteiger charge is 2.36. The minimum absolute atomic E-state index is 0.361. The molecule has 102 valence electrons. The zero-order chi connectivity index (χ0) is 13.0. The Hall–Kier alpha value is -1.09. The van der Waals surface area contributed by atoms with Gasteiger partial charge in [-0.25, -0.2) is 0 Å². The normalized spacial score (nSPS) is 27.8. The van der Waals surface area contributed by atoms with Crippen molar-refractivity contribution in [3.63, 3.8) is 0 Å². The van der Waals surface area contributed by atoms with Gasteiger partial charge in [-0.2, -0.15) is 0 Å². The number of hydrogen-bond donors (Lipinski definition) is 0. The molecular formula is C16H22N2O. The van der Waals surface area contributed by atoms with Gasteiger partial charge in [0.2, 0.25) is 0 Å². The van der Waals surface area contributed by atoms with Crippen molar-refractivity contribution in [3.8, 4) is 0 Å². The molecule has 3 aliphatic rings. The van der Waals surface area contributed by atoms with E-state index < -0.39 is 0 Å². The van der Waals surface area contributed by atoms with Gasteiger partial charge >= 0.3 is 0 Å². The number of hydrogen-bond acceptors (Lipinski definition) is 2. The number of carbonyl (C=O) groups excluding carboxylic acids is 1. The van der Waals surface area contributed by atoms with Crippen molar-refractivity contribution >= 4 is 5.78 Å². The van der Waals surface area contributed by atoms with E-state index >= 15 is 0 Å². The smallest absolute Gasteiger partial charge is 0.164 e. The van der Waals surface area contributed by atoms with Crippen LogP contribution in [0, 0.1) is 6.92 Å². The number of likely N-dealkylation sites (tertiary alicyclic amines) is 1. The number of ketones is 1. The molecule has 3 nitrogen and oxygen atoms in total. The molecule has 1 aromatic rings. The summed E-state index contributed by atoms with van der Waals surface area (Å²) in [5, 5.41) is 0. The van der Waals surface area contributed by atoms with E-state index in [1.807, 2.05) is 0 Å². The third-order valence-corrected chi connectivity index (χ3v) is 5.08. The highest BCUT2D eigenvalue weighted by atomic mass is 16.1. The Balaban J connectivity index is 1.66. The second-order valence-electron chi connectivity index (χ2n) is 6.46. The summed E-state index contributed by atoms with van der Waals surface area (Å²) in [4.78, 5) is 14.7. The summed E-state index contributed by atoms with van der Waals surface area (Å²) in [7, 11) is 0. The number of Topliss-reactive ketones (excluding diaryl/α,β-unsaturated/α-hetero) is 1. The van der Waals surface area contributed by atoms with E-state index in [-0.39, 0.29) is 0 Å². The van der Waals surface area contributed by atoms with Crippen LogP contribution in [0.25, 0.3) is 0 Å². The van der Waals surface area contributed by atoms with E-state index in [2.05, 4.69) is 22.5 Å². The van der Waals surface area contributed by atoms with Crippen molar-refractivity contribution in [2.45, 2.75) is 57.5 Å². The molecule has 2 aliphatic carbocycles. The van der Waals surface area contributed by atoms with Gasteiger partial charge in [0.15, 0.2) is 5.78 Å². The molecule has 1 aliphatic heterocycles. The molecule has 1 unspecified atom stereocenters. The molecule has 0 radical (unpaired) electrons. The molecular weight excluding hydrogens is 236 g/mol. The quantitative estimate of drug-likeness (QED) is 0.815. The van der Waals surface area contributed by atoms with E-state index in [0.29, 0.717) is 11.8 Å². The van der Waals surface area contributed by atoms with Crippen LogP contribution in [0.3, 0.4) is 0 Å². The topological polar surface area (TPSA) is 25.2 Å². The molecule has 1 aromatic heterocycles. The number of carbonyl (C=O) groups is 1. The Morgan fingerprint density at radius 1 is 1.16 bits per heavy atom. The molecule has 0 N–H and O–H groups in total. The molecule has 1 saturated heterocycles. The van der Waals surface area contributed by atoms with Gasteiger partial charge in [-0.3, -0.25) is 9.69 Å². The zero-order valence-corrected chi connectivity index (χ0v) is 11.7. The molecule has 1 atom stereocenters. The summed E-state index contributed by atoms with van der Waals surface area (Å²) < 4.78 is 2.49. The average Bonchev–Trinajstić information content (AvgIpc) is 3.03. The van der Waals surface area contributed by atoms with E-state index in [0.717, 1.165) is 30.9 Å². The maximum absolute atomic E-state index is 12.0. The first kappa shape index (κ1) is 11.7. The van der Waals surface area contributed by atoms with Gasteiger partial charge in [0.25, 0.3) is 0 Å². The molecule has 0 amide bonds. The summed E-state index contributed by atoms with van der Waals surface area (Å²) in [5.41, 5.74) is 3.65. The fourth-order valence-corrected chi connectivity index (χ4v) is 4.01. The van der Waals surface area contributed by atoms with Crippen molar-refractivity contribution in [3.05, 3.63) is 23.0 Å². The van der Waals surface area contributed by atoms with Crippen molar-refractivity contribution in [2.24, 2.45) is 0 Å². The lowest BCUT2D eigenvalue weighted by molar-refractivity contribution is 0.0971. The Bertz CT molecular complexity index is 527. The monoisotopic (exact) mass is 258 g/mol. The fourth-order valence-electron chi connectivity index (χ4n) is 4.01. The molecule has 2 fully saturated rings. The van der Waals surface area contributed by atoms with Crippen LogP contribution in [0.4, 0.5) is 0 Å². The minimum Gasteiger partial charge on any atom is -0.344 e. The van der Waals surface area contributed by atoms with Gasteiger partial charge in [-0.15, -0.1) is 0 Å². The highest BCUT2D eigenvalue weighted by Crippen LogP contribution is 2.36. The first-order valence-electron chi connectivity index (χ1n) is 7.72. The molecule has 4 rings (SSSR count). The lowest BCUT2D eigenvalue weighted by Gasteiger charge is -2.22. The maximum Gasteiger partial charge on any atom is 0.164 e. The van der Waals surface area contributed by atoms with Gasteiger partial charge in [-0.05, 0) is 45.1 Å². The van der Waals surface area contributed by atoms with E-state index in [9.17, 15) is 4.79 Å². The van der Waals surface area contributed by atoms with Crippen molar-refractivity contribution < 1.29 is 4.79 Å². The van der Waals surface area contributed by atoms with Gasteiger partial charge in [0.05, 0.1) is 0 Å². The van der Waals surface area contributed by atoms with Crippen LogP contribution in [0.5, 0.6) is 0 Å². The number of fused-ring (bicyclic) bond motifs is 1. The number of aromatic nitrogens is 1. The third kappa shape index (κ3) is 1.86. The molecule has 0 aromatic carbocycles. The van der Waals surface area contributed by atoms with Crippen LogP contribution in [0.2, 0.25) is 0 Å². The Morgan fingerprint density at radius 2 is 2.00 bits per heavy atom. The minimum atomic E-state index is 0.361. The van der Waals surface area contributed by atoms with Gasteiger partial charge in [0.1, 0.15) is 0 Å². The van der Waals surface area contributed by atoms with Crippen LogP contribution >= 0.6 is 0 Å². The van der Waals surface area contributed by atoms with Gasteiger partial charge in [0, 0.05) is 48.5 Å². The van der Waals surface area contributed by atoms with E-state index in [1.165, 1.54) is 43.7 Å². The lowest BCUT2D eigenvalue weighted by atomic mass is 9.96. The predicted octanol–water partition coefficient (Wildman–Crippen LogP) is 2.72. The molecule has 3 heteroatoms. The zero-order valence-electron chi connectivity index (χ0n) is 11.7. The standard InChI is InChI=1S/C16H22N2O/c1-11-9-14-15(3-2-4-16(14)19)18(11)13-7-8-17(10-13)12-5-6-12/h9,12-13H,2-8,10H2,1H3. The summed E-state index contributed by atoms with van der Waals surface area (Å²) in [6, 6.07) is 3.62. The Labute approximate surface area is 114 Å². The van der Waals surface area contributed by atoms with E-state index in [1.54, 1.807) is 0 Å². The fraction of sp³-hybridized carbons (Fsp3) is 0.688. The van der Waals surface area contributed by atoms with Crippen LogP contribution in [-0.4, -0.2) is 34.4 Å². The molecule has 1 saturated carbocycles. The number of rotatable bonds is 2. The van der Waals surface area contributed by atoms with Crippen LogP contribution in [0.1, 0.15) is 59.9 Å². The molecule has 19 heavy (non-hydrogen) atoms. The first-order chi connectivity index (χ1) is 9.24. The Morgan fingerprint density at radius 3 is 2.79 bits per heavy atom. The average molecular weight is 258 g/mol. The highest BCUT2D eigenvalue weighted by molar-refractivity contribution is 5.98. The van der Waals surface area contributed by atoms with Crippen molar-refractivity contribution in [1.29, 1.82) is 0 Å². The van der Waals surface area contributed by atoms with Crippen LogP contribution in [0.15, 0.2) is 6.07 Å². The second kappa shape index (κ2) is 4.20. The third-order valence-electron chi connectivity index (χ3n) is 5.08. The largest absolute Gasteiger partial charge is 0.344 e. The first-order valence-corrected chi connectivity index (χ1v) is 7.72. The summed E-state index contributed by atoms with van der Waals surface area (Å²) >= 11 is 0. The number of aryl methyl sites for hydroxylation is 1. The van der Waals surface area contributed by atoms with Crippen LogP contribution in [-0.2, 0) is 6.42 Å². The summed E-state index contributed by atoms with van der Waals surface area (Å²) in [6.07, 6.45) is 6.92. The molecule has 2 heterocycles. The van der Waals surface area contributed by atoms with E-state index in [4.69, 9.17) is 0 Å². The second-order valence-corrected chi connectivity index (χ2v) is 6.46. The number of nitrogens with zero attached hydrogens (tertiary/aromatic N) is 2. The van der Waals surface area contributed by atoms with Gasteiger partial charge in [-0.1, -0.05) is 0 Å². The predicted molar refractivity (Wildman–Crippen MR) is 74.7 cm³/mol. The van der Waals surface area contributed by atoms with Crippen molar-refractivity contribution in [2.75, 3.05) is 13.1 Å². The lowest BCUT2D eigenvalue weighted by Crippen LogP contribution is -2.25.